The van der Waals surface area contributed by atoms with E-state index in [9.17, 15) is 9.90 Å². The van der Waals surface area contributed by atoms with Crippen LogP contribution in [0, 0.1) is 5.41 Å². The van der Waals surface area contributed by atoms with E-state index in [0.717, 1.165) is 15.2 Å². The molecule has 1 unspecified atom stereocenters. The number of aryl methyl sites for hydroxylation is 1. The van der Waals surface area contributed by atoms with Crippen LogP contribution in [-0.2, 0) is 11.2 Å². The van der Waals surface area contributed by atoms with Crippen molar-refractivity contribution in [2.45, 2.75) is 46.1 Å². The van der Waals surface area contributed by atoms with Crippen LogP contribution in [0.3, 0.4) is 0 Å². The zero-order valence-corrected chi connectivity index (χ0v) is 14.2. The van der Waals surface area contributed by atoms with Crippen molar-refractivity contribution in [1.82, 2.24) is 10.3 Å². The highest BCUT2D eigenvalue weighted by molar-refractivity contribution is 7.18. The SMILES string of the molecule is CC(O)CC(C)(C)CNC(=O)CCc1nc2ccccc2s1. The number of aromatic nitrogens is 1. The number of carbonyl (C=O) groups is 1. The van der Waals surface area contributed by atoms with Crippen LogP contribution in [0.1, 0.15) is 38.6 Å². The normalized spacial score (nSPS) is 13.3. The summed E-state index contributed by atoms with van der Waals surface area (Å²) in [4.78, 5) is 16.5. The number of hydrogen-bond acceptors (Lipinski definition) is 4. The molecule has 0 spiro atoms. The summed E-state index contributed by atoms with van der Waals surface area (Å²) in [5, 5.41) is 13.4. The van der Waals surface area contributed by atoms with E-state index in [0.29, 0.717) is 25.8 Å². The number of amides is 1. The van der Waals surface area contributed by atoms with E-state index in [1.807, 2.05) is 32.0 Å². The number of aliphatic hydroxyl groups is 1. The number of nitrogens with one attached hydrogen (secondary N) is 1. The van der Waals surface area contributed by atoms with Gasteiger partial charge in [-0.2, -0.15) is 0 Å². The Morgan fingerprint density at radius 2 is 2.14 bits per heavy atom. The van der Waals surface area contributed by atoms with Gasteiger partial charge in [-0.1, -0.05) is 26.0 Å². The second kappa shape index (κ2) is 7.20. The van der Waals surface area contributed by atoms with Gasteiger partial charge < -0.3 is 10.4 Å². The molecule has 0 aliphatic rings. The van der Waals surface area contributed by atoms with Crippen LogP contribution in [0.15, 0.2) is 24.3 Å². The second-order valence-corrected chi connectivity index (χ2v) is 7.68. The molecule has 2 aromatic rings. The van der Waals surface area contributed by atoms with E-state index < -0.39 is 0 Å². The number of carbonyl (C=O) groups excluding carboxylic acids is 1. The molecule has 1 atom stereocenters. The lowest BCUT2D eigenvalue weighted by atomic mass is 9.87. The predicted octanol–water partition coefficient (Wildman–Crippen LogP) is 3.14. The van der Waals surface area contributed by atoms with E-state index in [-0.39, 0.29) is 17.4 Å². The Balaban J connectivity index is 1.80. The lowest BCUT2D eigenvalue weighted by Gasteiger charge is -2.26. The summed E-state index contributed by atoms with van der Waals surface area (Å²) in [5.74, 6) is 0.0397. The molecular formula is C17H24N2O2S. The molecule has 2 N–H and O–H groups in total. The standard InChI is InChI=1S/C17H24N2O2S/c1-12(20)10-17(2,3)11-18-15(21)8-9-16-19-13-6-4-5-7-14(13)22-16/h4-7,12,20H,8-11H2,1-3H3,(H,18,21). The van der Waals surface area contributed by atoms with Gasteiger partial charge in [0.1, 0.15) is 0 Å². The lowest BCUT2D eigenvalue weighted by Crippen LogP contribution is -2.35. The summed E-state index contributed by atoms with van der Waals surface area (Å²) in [7, 11) is 0. The molecule has 0 saturated carbocycles. The first-order valence-corrected chi connectivity index (χ1v) is 8.46. The maximum absolute atomic E-state index is 12.0. The predicted molar refractivity (Wildman–Crippen MR) is 91.0 cm³/mol. The van der Waals surface area contributed by atoms with E-state index in [1.165, 1.54) is 0 Å². The first kappa shape index (κ1) is 16.9. The summed E-state index contributed by atoms with van der Waals surface area (Å²) in [6.45, 7) is 6.45. The van der Waals surface area contributed by atoms with Crippen LogP contribution in [0.2, 0.25) is 0 Å². The van der Waals surface area contributed by atoms with Crippen molar-refractivity contribution in [2.24, 2.45) is 5.41 Å². The highest BCUT2D eigenvalue weighted by atomic mass is 32.1. The van der Waals surface area contributed by atoms with Crippen LogP contribution >= 0.6 is 11.3 Å². The first-order chi connectivity index (χ1) is 10.4. The zero-order valence-electron chi connectivity index (χ0n) is 13.4. The summed E-state index contributed by atoms with van der Waals surface area (Å²) in [6, 6.07) is 8.02. The van der Waals surface area contributed by atoms with Gasteiger partial charge in [-0.25, -0.2) is 4.98 Å². The number of aliphatic hydroxyl groups excluding tert-OH is 1. The average Bonchev–Trinajstić information content (AvgIpc) is 2.84. The van der Waals surface area contributed by atoms with Gasteiger partial charge in [0.2, 0.25) is 5.91 Å². The van der Waals surface area contributed by atoms with Crippen molar-refractivity contribution in [1.29, 1.82) is 0 Å². The van der Waals surface area contributed by atoms with Gasteiger partial charge in [0.25, 0.3) is 0 Å². The molecule has 120 valence electrons. The molecule has 0 saturated heterocycles. The molecule has 1 heterocycles. The minimum atomic E-state index is -0.352. The average molecular weight is 320 g/mol. The fourth-order valence-corrected chi connectivity index (χ4v) is 3.51. The number of fused-ring (bicyclic) bond motifs is 1. The van der Waals surface area contributed by atoms with Crippen LogP contribution in [-0.4, -0.2) is 28.6 Å². The van der Waals surface area contributed by atoms with E-state index in [2.05, 4.69) is 16.4 Å². The fourth-order valence-electron chi connectivity index (χ4n) is 2.55. The molecule has 1 aromatic carbocycles. The third-order valence-corrected chi connectivity index (χ3v) is 4.61. The Kier molecular flexibility index (Phi) is 5.53. The van der Waals surface area contributed by atoms with Crippen molar-refractivity contribution >= 4 is 27.5 Å². The Morgan fingerprint density at radius 3 is 2.82 bits per heavy atom. The fraction of sp³-hybridized carbons (Fsp3) is 0.529. The van der Waals surface area contributed by atoms with Crippen LogP contribution in [0.5, 0.6) is 0 Å². The second-order valence-electron chi connectivity index (χ2n) is 6.57. The summed E-state index contributed by atoms with van der Waals surface area (Å²) in [6.07, 6.45) is 1.44. The molecule has 0 aliphatic carbocycles. The molecule has 2 rings (SSSR count). The minimum absolute atomic E-state index is 0.0397. The summed E-state index contributed by atoms with van der Waals surface area (Å²) < 4.78 is 1.16. The Labute approximate surface area is 135 Å². The third kappa shape index (κ3) is 5.07. The molecule has 0 bridgehead atoms. The van der Waals surface area contributed by atoms with Gasteiger partial charge in [-0.05, 0) is 30.9 Å². The Bertz CT molecular complexity index is 601. The Hall–Kier alpha value is -1.46. The van der Waals surface area contributed by atoms with E-state index in [4.69, 9.17) is 0 Å². The number of hydrogen-bond donors (Lipinski definition) is 2. The number of thiazole rings is 1. The topological polar surface area (TPSA) is 62.2 Å². The number of nitrogens with zero attached hydrogens (tertiary/aromatic N) is 1. The van der Waals surface area contributed by atoms with Gasteiger partial charge in [-0.3, -0.25) is 4.79 Å². The number of para-hydroxylation sites is 1. The van der Waals surface area contributed by atoms with Gasteiger partial charge in [0.15, 0.2) is 0 Å². The maximum atomic E-state index is 12.0. The van der Waals surface area contributed by atoms with Crippen LogP contribution in [0.25, 0.3) is 10.2 Å². The van der Waals surface area contributed by atoms with Crippen molar-refractivity contribution in [3.63, 3.8) is 0 Å². The monoisotopic (exact) mass is 320 g/mol. The molecule has 22 heavy (non-hydrogen) atoms. The van der Waals surface area contributed by atoms with Crippen molar-refractivity contribution in [3.05, 3.63) is 29.3 Å². The van der Waals surface area contributed by atoms with Gasteiger partial charge in [0.05, 0.1) is 21.3 Å². The highest BCUT2D eigenvalue weighted by Gasteiger charge is 2.21. The smallest absolute Gasteiger partial charge is 0.220 e. The van der Waals surface area contributed by atoms with Crippen LogP contribution in [0.4, 0.5) is 0 Å². The summed E-state index contributed by atoms with van der Waals surface area (Å²) in [5.41, 5.74) is 0.903. The highest BCUT2D eigenvalue weighted by Crippen LogP contribution is 2.23. The molecule has 0 aliphatic heterocycles. The van der Waals surface area contributed by atoms with Gasteiger partial charge in [0, 0.05) is 19.4 Å². The summed E-state index contributed by atoms with van der Waals surface area (Å²) >= 11 is 1.65. The van der Waals surface area contributed by atoms with E-state index in [1.54, 1.807) is 18.3 Å². The van der Waals surface area contributed by atoms with Crippen molar-refractivity contribution in [2.75, 3.05) is 6.54 Å². The quantitative estimate of drug-likeness (QED) is 0.824. The zero-order chi connectivity index (χ0) is 16.2. The first-order valence-electron chi connectivity index (χ1n) is 7.65. The third-order valence-electron chi connectivity index (χ3n) is 3.52. The van der Waals surface area contributed by atoms with Gasteiger partial charge >= 0.3 is 0 Å². The lowest BCUT2D eigenvalue weighted by molar-refractivity contribution is -0.121. The minimum Gasteiger partial charge on any atom is -0.393 e. The number of rotatable bonds is 7. The molecule has 5 heteroatoms. The van der Waals surface area contributed by atoms with Crippen molar-refractivity contribution in [3.8, 4) is 0 Å². The Morgan fingerprint density at radius 1 is 1.41 bits per heavy atom. The maximum Gasteiger partial charge on any atom is 0.220 e. The molecule has 0 radical (unpaired) electrons. The van der Waals surface area contributed by atoms with Crippen LogP contribution < -0.4 is 5.32 Å². The largest absolute Gasteiger partial charge is 0.393 e. The molecule has 4 nitrogen and oxygen atoms in total. The molecule has 0 fully saturated rings. The molecule has 1 aromatic heterocycles. The van der Waals surface area contributed by atoms with Gasteiger partial charge in [-0.15, -0.1) is 11.3 Å². The van der Waals surface area contributed by atoms with Crippen molar-refractivity contribution < 1.29 is 9.90 Å². The molecular weight excluding hydrogens is 296 g/mol. The number of benzene rings is 1. The van der Waals surface area contributed by atoms with E-state index >= 15 is 0 Å². The molecule has 1 amide bonds.